The molecule has 0 aliphatic heterocycles. The number of rotatable bonds is 6. The van der Waals surface area contributed by atoms with E-state index in [0.29, 0.717) is 5.75 Å². The quantitative estimate of drug-likeness (QED) is 0.475. The Hall–Kier alpha value is -3.12. The standard InChI is InChI=1S/C20H19N3O2S/c1-14(8-9-15-10-11-18(24)19(12-15)25-2)22-23-20-21-17(13-26-20)16-6-4-3-5-7-16/h3-13,24H,1-2H3,(H,21,23)/b9-8+,22-14+. The number of hydrogen-bond donors (Lipinski definition) is 2. The summed E-state index contributed by atoms with van der Waals surface area (Å²) in [4.78, 5) is 4.54. The molecule has 0 saturated heterocycles. The number of benzene rings is 2. The van der Waals surface area contributed by atoms with Gasteiger partial charge in [0, 0.05) is 10.9 Å². The van der Waals surface area contributed by atoms with E-state index in [2.05, 4.69) is 15.5 Å². The lowest BCUT2D eigenvalue weighted by atomic mass is 10.2. The van der Waals surface area contributed by atoms with E-state index in [1.54, 1.807) is 12.1 Å². The molecule has 6 heteroatoms. The van der Waals surface area contributed by atoms with Crippen LogP contribution >= 0.6 is 11.3 Å². The predicted octanol–water partition coefficient (Wildman–Crippen LogP) is 5.03. The van der Waals surface area contributed by atoms with Crippen molar-refractivity contribution in [3.63, 3.8) is 0 Å². The fraction of sp³-hybridized carbons (Fsp3) is 0.100. The molecule has 2 aromatic carbocycles. The zero-order valence-corrected chi connectivity index (χ0v) is 15.3. The van der Waals surface area contributed by atoms with Gasteiger partial charge in [0.2, 0.25) is 5.13 Å². The third-order valence-corrected chi connectivity index (χ3v) is 4.37. The van der Waals surface area contributed by atoms with E-state index in [1.807, 2.05) is 60.9 Å². The first-order chi connectivity index (χ1) is 12.7. The number of nitrogens with one attached hydrogen (secondary N) is 1. The number of anilines is 1. The molecule has 1 heterocycles. The topological polar surface area (TPSA) is 66.7 Å². The van der Waals surface area contributed by atoms with Crippen molar-refractivity contribution in [3.05, 3.63) is 65.6 Å². The SMILES string of the molecule is COc1cc(/C=C/C(C)=N/Nc2nc(-c3ccccc3)cs2)ccc1O. The summed E-state index contributed by atoms with van der Waals surface area (Å²) >= 11 is 1.51. The van der Waals surface area contributed by atoms with Gasteiger partial charge in [-0.1, -0.05) is 42.5 Å². The molecule has 0 spiro atoms. The number of ether oxygens (including phenoxy) is 1. The van der Waals surface area contributed by atoms with Crippen LogP contribution in [0.3, 0.4) is 0 Å². The van der Waals surface area contributed by atoms with Gasteiger partial charge in [-0.05, 0) is 30.7 Å². The van der Waals surface area contributed by atoms with Crippen LogP contribution in [0, 0.1) is 0 Å². The Kier molecular flexibility index (Phi) is 5.66. The summed E-state index contributed by atoms with van der Waals surface area (Å²) in [6, 6.07) is 15.2. The molecule has 0 unspecified atom stereocenters. The number of phenolic OH excluding ortho intramolecular Hbond substituents is 1. The molecule has 132 valence electrons. The lowest BCUT2D eigenvalue weighted by Gasteiger charge is -2.03. The second-order valence-electron chi connectivity index (χ2n) is 5.53. The van der Waals surface area contributed by atoms with Crippen molar-refractivity contribution in [2.45, 2.75) is 6.92 Å². The van der Waals surface area contributed by atoms with Crippen LogP contribution in [0.2, 0.25) is 0 Å². The molecule has 2 N–H and O–H groups in total. The normalized spacial score (nSPS) is 11.7. The minimum atomic E-state index is 0.120. The highest BCUT2D eigenvalue weighted by Gasteiger charge is 2.03. The van der Waals surface area contributed by atoms with E-state index < -0.39 is 0 Å². The third-order valence-electron chi connectivity index (χ3n) is 3.62. The number of nitrogens with zero attached hydrogens (tertiary/aromatic N) is 2. The van der Waals surface area contributed by atoms with Crippen LogP contribution in [0.25, 0.3) is 17.3 Å². The average Bonchev–Trinajstić information content (AvgIpc) is 3.15. The van der Waals surface area contributed by atoms with E-state index in [-0.39, 0.29) is 5.75 Å². The number of aromatic hydroxyl groups is 1. The highest BCUT2D eigenvalue weighted by Crippen LogP contribution is 2.27. The number of aromatic nitrogens is 1. The van der Waals surface area contributed by atoms with Crippen molar-refractivity contribution in [3.8, 4) is 22.8 Å². The summed E-state index contributed by atoms with van der Waals surface area (Å²) in [7, 11) is 1.52. The minimum absolute atomic E-state index is 0.120. The molecule has 0 aliphatic carbocycles. The Morgan fingerprint density at radius 2 is 2.04 bits per heavy atom. The van der Waals surface area contributed by atoms with Crippen LogP contribution in [-0.2, 0) is 0 Å². The second-order valence-corrected chi connectivity index (χ2v) is 6.39. The summed E-state index contributed by atoms with van der Waals surface area (Å²) in [6.07, 6.45) is 3.78. The van der Waals surface area contributed by atoms with Crippen LogP contribution in [0.15, 0.2) is 65.1 Å². The van der Waals surface area contributed by atoms with Crippen molar-refractivity contribution in [1.29, 1.82) is 0 Å². The molecule has 3 rings (SSSR count). The van der Waals surface area contributed by atoms with Gasteiger partial charge in [0.1, 0.15) is 0 Å². The van der Waals surface area contributed by atoms with Crippen molar-refractivity contribution in [2.24, 2.45) is 5.10 Å². The monoisotopic (exact) mass is 365 g/mol. The molecule has 0 bridgehead atoms. The minimum Gasteiger partial charge on any atom is -0.504 e. The van der Waals surface area contributed by atoms with Gasteiger partial charge in [-0.15, -0.1) is 11.3 Å². The fourth-order valence-corrected chi connectivity index (χ4v) is 2.92. The largest absolute Gasteiger partial charge is 0.504 e. The molecule has 0 amide bonds. The van der Waals surface area contributed by atoms with Crippen molar-refractivity contribution < 1.29 is 9.84 Å². The summed E-state index contributed by atoms with van der Waals surface area (Å²) in [6.45, 7) is 1.90. The van der Waals surface area contributed by atoms with Gasteiger partial charge >= 0.3 is 0 Å². The van der Waals surface area contributed by atoms with Crippen LogP contribution in [0.1, 0.15) is 12.5 Å². The van der Waals surface area contributed by atoms with Crippen LogP contribution in [0.5, 0.6) is 11.5 Å². The first-order valence-corrected chi connectivity index (χ1v) is 8.90. The lowest BCUT2D eigenvalue weighted by Crippen LogP contribution is -1.94. The Morgan fingerprint density at radius 1 is 1.23 bits per heavy atom. The van der Waals surface area contributed by atoms with Gasteiger partial charge in [0.15, 0.2) is 11.5 Å². The first-order valence-electron chi connectivity index (χ1n) is 8.02. The predicted molar refractivity (Wildman–Crippen MR) is 108 cm³/mol. The Balaban J connectivity index is 1.64. The number of hydrazone groups is 1. The Labute approximate surface area is 156 Å². The molecular formula is C20H19N3O2S. The van der Waals surface area contributed by atoms with Gasteiger partial charge in [-0.2, -0.15) is 5.10 Å². The van der Waals surface area contributed by atoms with E-state index in [4.69, 9.17) is 4.74 Å². The molecular weight excluding hydrogens is 346 g/mol. The number of allylic oxidation sites excluding steroid dienone is 1. The summed E-state index contributed by atoms with van der Waals surface area (Å²) in [5.74, 6) is 0.561. The molecule has 0 radical (unpaired) electrons. The molecule has 1 aromatic heterocycles. The molecule has 0 aliphatic rings. The first kappa shape index (κ1) is 17.7. The van der Waals surface area contributed by atoms with Crippen LogP contribution in [0.4, 0.5) is 5.13 Å². The number of methoxy groups -OCH3 is 1. The molecule has 26 heavy (non-hydrogen) atoms. The summed E-state index contributed by atoms with van der Waals surface area (Å²) in [5.41, 5.74) is 6.70. The van der Waals surface area contributed by atoms with Gasteiger partial charge in [0.05, 0.1) is 18.5 Å². The maximum atomic E-state index is 9.62. The van der Waals surface area contributed by atoms with E-state index in [1.165, 1.54) is 18.4 Å². The Bertz CT molecular complexity index is 933. The second kappa shape index (κ2) is 8.31. The molecule has 5 nitrogen and oxygen atoms in total. The molecule has 0 atom stereocenters. The van der Waals surface area contributed by atoms with E-state index in [9.17, 15) is 5.11 Å². The zero-order chi connectivity index (χ0) is 18.4. The average molecular weight is 365 g/mol. The van der Waals surface area contributed by atoms with E-state index in [0.717, 1.165) is 27.7 Å². The van der Waals surface area contributed by atoms with E-state index >= 15 is 0 Å². The van der Waals surface area contributed by atoms with Gasteiger partial charge < -0.3 is 9.84 Å². The smallest absolute Gasteiger partial charge is 0.203 e. The zero-order valence-electron chi connectivity index (χ0n) is 14.5. The van der Waals surface area contributed by atoms with Gasteiger partial charge in [-0.25, -0.2) is 4.98 Å². The summed E-state index contributed by atoms with van der Waals surface area (Å²) in [5, 5.41) is 16.7. The van der Waals surface area contributed by atoms with Gasteiger partial charge in [-0.3, -0.25) is 5.43 Å². The highest BCUT2D eigenvalue weighted by atomic mass is 32.1. The van der Waals surface area contributed by atoms with Crippen molar-refractivity contribution in [1.82, 2.24) is 4.98 Å². The maximum absolute atomic E-state index is 9.62. The molecule has 3 aromatic rings. The fourth-order valence-electron chi connectivity index (χ4n) is 2.25. The van der Waals surface area contributed by atoms with Gasteiger partial charge in [0.25, 0.3) is 0 Å². The number of hydrogen-bond acceptors (Lipinski definition) is 6. The molecule has 0 fully saturated rings. The number of thiazole rings is 1. The van der Waals surface area contributed by atoms with Crippen molar-refractivity contribution >= 4 is 28.3 Å². The Morgan fingerprint density at radius 3 is 2.81 bits per heavy atom. The maximum Gasteiger partial charge on any atom is 0.203 e. The van der Waals surface area contributed by atoms with Crippen LogP contribution < -0.4 is 10.2 Å². The summed E-state index contributed by atoms with van der Waals surface area (Å²) < 4.78 is 5.10. The van der Waals surface area contributed by atoms with Crippen LogP contribution in [-0.4, -0.2) is 22.9 Å². The van der Waals surface area contributed by atoms with Crippen molar-refractivity contribution in [2.75, 3.05) is 12.5 Å². The molecule has 0 saturated carbocycles. The lowest BCUT2D eigenvalue weighted by molar-refractivity contribution is 0.373. The highest BCUT2D eigenvalue weighted by molar-refractivity contribution is 7.14. The third kappa shape index (κ3) is 4.49. The number of phenols is 1.